The zero-order chi connectivity index (χ0) is 11.5. The van der Waals surface area contributed by atoms with Gasteiger partial charge in [0, 0.05) is 26.6 Å². The molecule has 15 heavy (non-hydrogen) atoms. The summed E-state index contributed by atoms with van der Waals surface area (Å²) in [6, 6.07) is 0.104. The van der Waals surface area contributed by atoms with Crippen molar-refractivity contribution < 1.29 is 4.74 Å². The van der Waals surface area contributed by atoms with Crippen molar-refractivity contribution in [2.75, 3.05) is 13.7 Å². The number of methoxy groups -OCH3 is 1. The number of hydrogen-bond donors (Lipinski definition) is 1. The number of rotatable bonds is 5. The molecule has 0 amide bonds. The molecule has 1 aromatic heterocycles. The molecule has 1 rings (SSSR count). The van der Waals surface area contributed by atoms with E-state index in [0.717, 1.165) is 12.4 Å². The molecule has 0 aromatic carbocycles. The van der Waals surface area contributed by atoms with Crippen molar-refractivity contribution in [1.82, 2.24) is 14.9 Å². The van der Waals surface area contributed by atoms with E-state index in [1.54, 1.807) is 7.11 Å². The summed E-state index contributed by atoms with van der Waals surface area (Å²) in [4.78, 5) is 4.37. The van der Waals surface area contributed by atoms with Gasteiger partial charge in [-0.25, -0.2) is 4.98 Å². The van der Waals surface area contributed by atoms with E-state index in [0.29, 0.717) is 0 Å². The molecule has 86 valence electrons. The van der Waals surface area contributed by atoms with Gasteiger partial charge in [0.2, 0.25) is 0 Å². The fourth-order valence-electron chi connectivity index (χ4n) is 1.63. The first-order valence-electron chi connectivity index (χ1n) is 5.28. The van der Waals surface area contributed by atoms with Gasteiger partial charge < -0.3 is 14.6 Å². The smallest absolute Gasteiger partial charge is 0.128 e. The number of ether oxygens (including phenoxy) is 1. The maximum absolute atomic E-state index is 5.52. The van der Waals surface area contributed by atoms with Crippen LogP contribution in [0.25, 0.3) is 0 Å². The molecule has 0 radical (unpaired) electrons. The standard InChI is InChI=1S/C11H21N3O/c1-6-12-9(11(2,3)15-5)10-13-7-8-14(10)4/h7-9,12H,6H2,1-5H3. The Bertz CT molecular complexity index is 307. The highest BCUT2D eigenvalue weighted by Crippen LogP contribution is 2.26. The van der Waals surface area contributed by atoms with Gasteiger partial charge in [-0.05, 0) is 20.4 Å². The van der Waals surface area contributed by atoms with Crippen molar-refractivity contribution in [3.63, 3.8) is 0 Å². The Hall–Kier alpha value is -0.870. The monoisotopic (exact) mass is 211 g/mol. The van der Waals surface area contributed by atoms with Gasteiger partial charge in [0.25, 0.3) is 0 Å². The number of hydrogen-bond acceptors (Lipinski definition) is 3. The lowest BCUT2D eigenvalue weighted by Crippen LogP contribution is -2.42. The molecule has 0 bridgehead atoms. The minimum Gasteiger partial charge on any atom is -0.377 e. The van der Waals surface area contributed by atoms with E-state index < -0.39 is 0 Å². The largest absolute Gasteiger partial charge is 0.377 e. The summed E-state index contributed by atoms with van der Waals surface area (Å²) >= 11 is 0. The number of nitrogens with zero attached hydrogens (tertiary/aromatic N) is 2. The van der Waals surface area contributed by atoms with Gasteiger partial charge in [0.15, 0.2) is 0 Å². The number of imidazole rings is 1. The summed E-state index contributed by atoms with van der Waals surface area (Å²) in [5.41, 5.74) is -0.269. The Morgan fingerprint density at radius 3 is 2.67 bits per heavy atom. The lowest BCUT2D eigenvalue weighted by Gasteiger charge is -2.33. The van der Waals surface area contributed by atoms with Crippen molar-refractivity contribution in [3.8, 4) is 0 Å². The molecule has 0 aliphatic heterocycles. The number of likely N-dealkylation sites (N-methyl/N-ethyl adjacent to an activating group) is 1. The molecular formula is C11H21N3O. The third-order valence-electron chi connectivity index (χ3n) is 2.75. The summed E-state index contributed by atoms with van der Waals surface area (Å²) in [6.45, 7) is 7.11. The van der Waals surface area contributed by atoms with Crippen LogP contribution in [0.2, 0.25) is 0 Å². The SMILES string of the molecule is CCNC(c1nccn1C)C(C)(C)OC. The van der Waals surface area contributed by atoms with Crippen molar-refractivity contribution in [2.24, 2.45) is 7.05 Å². The lowest BCUT2D eigenvalue weighted by atomic mass is 9.97. The van der Waals surface area contributed by atoms with Crippen molar-refractivity contribution in [2.45, 2.75) is 32.4 Å². The van der Waals surface area contributed by atoms with Crippen LogP contribution < -0.4 is 5.32 Å². The van der Waals surface area contributed by atoms with E-state index in [-0.39, 0.29) is 11.6 Å². The molecule has 0 spiro atoms. The van der Waals surface area contributed by atoms with Crippen molar-refractivity contribution in [3.05, 3.63) is 18.2 Å². The van der Waals surface area contributed by atoms with Crippen LogP contribution in [-0.4, -0.2) is 28.8 Å². The van der Waals surface area contributed by atoms with E-state index >= 15 is 0 Å². The van der Waals surface area contributed by atoms with E-state index in [4.69, 9.17) is 4.74 Å². The minimum absolute atomic E-state index is 0.104. The third-order valence-corrected chi connectivity index (χ3v) is 2.75. The molecule has 1 atom stereocenters. The first-order valence-corrected chi connectivity index (χ1v) is 5.28. The van der Waals surface area contributed by atoms with Crippen molar-refractivity contribution in [1.29, 1.82) is 0 Å². The second kappa shape index (κ2) is 4.77. The number of aromatic nitrogens is 2. The topological polar surface area (TPSA) is 39.1 Å². The zero-order valence-electron chi connectivity index (χ0n) is 10.2. The lowest BCUT2D eigenvalue weighted by molar-refractivity contribution is -0.0138. The first kappa shape index (κ1) is 12.2. The van der Waals surface area contributed by atoms with Crippen LogP contribution in [-0.2, 0) is 11.8 Å². The second-order valence-electron chi connectivity index (χ2n) is 4.19. The molecular weight excluding hydrogens is 190 g/mol. The molecule has 4 nitrogen and oxygen atoms in total. The number of nitrogens with one attached hydrogen (secondary N) is 1. The van der Waals surface area contributed by atoms with Gasteiger partial charge in [-0.1, -0.05) is 6.92 Å². The maximum atomic E-state index is 5.52. The summed E-state index contributed by atoms with van der Waals surface area (Å²) in [6.07, 6.45) is 3.76. The van der Waals surface area contributed by atoms with Crippen LogP contribution >= 0.6 is 0 Å². The molecule has 4 heteroatoms. The van der Waals surface area contributed by atoms with Gasteiger partial charge in [0.05, 0.1) is 11.6 Å². The highest BCUT2D eigenvalue weighted by atomic mass is 16.5. The Morgan fingerprint density at radius 1 is 1.60 bits per heavy atom. The van der Waals surface area contributed by atoms with Crippen LogP contribution in [0.3, 0.4) is 0 Å². The Kier molecular flexibility index (Phi) is 3.88. The molecule has 1 N–H and O–H groups in total. The molecule has 1 heterocycles. The highest BCUT2D eigenvalue weighted by Gasteiger charge is 2.32. The average molecular weight is 211 g/mol. The highest BCUT2D eigenvalue weighted by molar-refractivity contribution is 5.05. The molecule has 0 saturated heterocycles. The Balaban J connectivity index is 2.98. The Morgan fingerprint density at radius 2 is 2.27 bits per heavy atom. The zero-order valence-corrected chi connectivity index (χ0v) is 10.2. The fourth-order valence-corrected chi connectivity index (χ4v) is 1.63. The van der Waals surface area contributed by atoms with Crippen LogP contribution in [0.5, 0.6) is 0 Å². The molecule has 0 fully saturated rings. The van der Waals surface area contributed by atoms with Crippen LogP contribution in [0.15, 0.2) is 12.4 Å². The van der Waals surface area contributed by atoms with Crippen LogP contribution in [0.1, 0.15) is 32.6 Å². The van der Waals surface area contributed by atoms with Crippen LogP contribution in [0, 0.1) is 0 Å². The molecule has 1 unspecified atom stereocenters. The van der Waals surface area contributed by atoms with Crippen molar-refractivity contribution >= 4 is 0 Å². The van der Waals surface area contributed by atoms with E-state index in [2.05, 4.69) is 31.1 Å². The molecule has 0 aliphatic carbocycles. The Labute approximate surface area is 91.7 Å². The van der Waals surface area contributed by atoms with Gasteiger partial charge in [0.1, 0.15) is 5.82 Å². The van der Waals surface area contributed by atoms with E-state index in [9.17, 15) is 0 Å². The molecule has 0 aliphatic rings. The quantitative estimate of drug-likeness (QED) is 0.802. The predicted molar refractivity (Wildman–Crippen MR) is 60.7 cm³/mol. The molecule has 0 saturated carbocycles. The van der Waals surface area contributed by atoms with E-state index in [1.807, 2.05) is 24.0 Å². The minimum atomic E-state index is -0.269. The van der Waals surface area contributed by atoms with Gasteiger partial charge in [-0.2, -0.15) is 0 Å². The normalized spacial score (nSPS) is 14.2. The van der Waals surface area contributed by atoms with Gasteiger partial charge >= 0.3 is 0 Å². The number of aryl methyl sites for hydroxylation is 1. The average Bonchev–Trinajstić information content (AvgIpc) is 2.60. The van der Waals surface area contributed by atoms with Gasteiger partial charge in [-0.15, -0.1) is 0 Å². The first-order chi connectivity index (χ1) is 7.03. The fraction of sp³-hybridized carbons (Fsp3) is 0.727. The summed E-state index contributed by atoms with van der Waals surface area (Å²) in [5, 5.41) is 3.41. The summed E-state index contributed by atoms with van der Waals surface area (Å²) in [7, 11) is 3.73. The third kappa shape index (κ3) is 2.58. The maximum Gasteiger partial charge on any atom is 0.128 e. The molecule has 1 aromatic rings. The summed E-state index contributed by atoms with van der Waals surface area (Å²) < 4.78 is 7.54. The van der Waals surface area contributed by atoms with E-state index in [1.165, 1.54) is 0 Å². The second-order valence-corrected chi connectivity index (χ2v) is 4.19. The van der Waals surface area contributed by atoms with Crippen LogP contribution in [0.4, 0.5) is 0 Å². The summed E-state index contributed by atoms with van der Waals surface area (Å²) in [5.74, 6) is 1.00. The predicted octanol–water partition coefficient (Wildman–Crippen LogP) is 1.50. The van der Waals surface area contributed by atoms with Gasteiger partial charge in [-0.3, -0.25) is 0 Å².